The third-order valence-corrected chi connectivity index (χ3v) is 1.59. The molecule has 0 saturated heterocycles. The van der Waals surface area contributed by atoms with E-state index in [1.807, 2.05) is 0 Å². The van der Waals surface area contributed by atoms with E-state index in [1.54, 1.807) is 6.07 Å². The van der Waals surface area contributed by atoms with Crippen molar-refractivity contribution in [2.24, 2.45) is 0 Å². The van der Waals surface area contributed by atoms with Crippen LogP contribution in [0.4, 0.5) is 5.69 Å². The van der Waals surface area contributed by atoms with Crippen molar-refractivity contribution in [3.05, 3.63) is 29.3 Å². The number of aromatic carboxylic acids is 1. The van der Waals surface area contributed by atoms with Crippen molar-refractivity contribution < 1.29 is 15.0 Å². The average molecular weight is 166 g/mol. The second-order valence-corrected chi connectivity index (χ2v) is 2.32. The Morgan fingerprint density at radius 3 is 2.75 bits per heavy atom. The zero-order valence-electron chi connectivity index (χ0n) is 6.28. The molecule has 0 fully saturated rings. The molecule has 0 atom stereocenters. The van der Waals surface area contributed by atoms with Crippen LogP contribution >= 0.6 is 0 Å². The second kappa shape index (κ2) is 3.23. The Morgan fingerprint density at radius 2 is 2.25 bits per heavy atom. The minimum atomic E-state index is -1.33. The van der Waals surface area contributed by atoms with Crippen LogP contribution in [-0.4, -0.2) is 11.1 Å². The third-order valence-electron chi connectivity index (χ3n) is 1.59. The fraction of sp³-hybridized carbons (Fsp3) is 0.125. The van der Waals surface area contributed by atoms with Gasteiger partial charge in [0.15, 0.2) is 0 Å². The van der Waals surface area contributed by atoms with E-state index in [0.29, 0.717) is 5.56 Å². The van der Waals surface area contributed by atoms with Gasteiger partial charge in [-0.3, -0.25) is 0 Å². The molecule has 0 spiro atoms. The molecule has 0 heterocycles. The molecule has 0 aliphatic heterocycles. The number of para-hydroxylation sites is 1. The van der Waals surface area contributed by atoms with Crippen molar-refractivity contribution in [1.29, 1.82) is 0 Å². The van der Waals surface area contributed by atoms with Gasteiger partial charge < -0.3 is 20.7 Å². The van der Waals surface area contributed by atoms with E-state index >= 15 is 0 Å². The molecule has 12 heavy (non-hydrogen) atoms. The standard InChI is InChI=1S/C8H9NO3/c9-7-5(4-10)2-1-3-6(7)8(11)12/h1-3,10H,4,9H2,(H,11,12)/p-1. The number of nitrogens with two attached hydrogens (primary N) is 1. The van der Waals surface area contributed by atoms with Crippen molar-refractivity contribution in [3.63, 3.8) is 0 Å². The number of carboxylic acids is 1. The Balaban J connectivity index is 3.23. The maximum absolute atomic E-state index is 10.4. The van der Waals surface area contributed by atoms with Gasteiger partial charge in [-0.05, 0) is 0 Å². The van der Waals surface area contributed by atoms with Crippen molar-refractivity contribution in [2.75, 3.05) is 5.73 Å². The summed E-state index contributed by atoms with van der Waals surface area (Å²) in [6, 6.07) is 4.40. The second-order valence-electron chi connectivity index (χ2n) is 2.32. The molecule has 3 N–H and O–H groups in total. The molecule has 1 aromatic rings. The highest BCUT2D eigenvalue weighted by Crippen LogP contribution is 2.16. The van der Waals surface area contributed by atoms with Gasteiger partial charge in [0.05, 0.1) is 12.6 Å². The van der Waals surface area contributed by atoms with E-state index in [1.165, 1.54) is 12.1 Å². The van der Waals surface area contributed by atoms with Gasteiger partial charge in [-0.25, -0.2) is 0 Å². The van der Waals surface area contributed by atoms with Crippen molar-refractivity contribution >= 4 is 11.7 Å². The van der Waals surface area contributed by atoms with E-state index in [4.69, 9.17) is 10.8 Å². The number of carbonyl (C=O) groups excluding carboxylic acids is 1. The van der Waals surface area contributed by atoms with Gasteiger partial charge in [-0.1, -0.05) is 18.2 Å². The number of aliphatic hydroxyl groups excluding tert-OH is 1. The van der Waals surface area contributed by atoms with E-state index < -0.39 is 5.97 Å². The molecule has 0 bridgehead atoms. The normalized spacial score (nSPS) is 9.75. The third kappa shape index (κ3) is 1.38. The molecule has 1 rings (SSSR count). The molecular formula is C8H8NO3-. The Bertz CT molecular complexity index is 309. The maximum Gasteiger partial charge on any atom is 0.0736 e. The molecule has 0 aromatic heterocycles. The highest BCUT2D eigenvalue weighted by molar-refractivity contribution is 5.92. The zero-order valence-corrected chi connectivity index (χ0v) is 6.28. The quantitative estimate of drug-likeness (QED) is 0.559. The number of benzene rings is 1. The Morgan fingerprint density at radius 1 is 1.58 bits per heavy atom. The van der Waals surface area contributed by atoms with Gasteiger partial charge in [-0.2, -0.15) is 0 Å². The molecule has 0 radical (unpaired) electrons. The van der Waals surface area contributed by atoms with Crippen LogP contribution in [0.2, 0.25) is 0 Å². The number of aliphatic hydroxyl groups is 1. The van der Waals surface area contributed by atoms with E-state index in [0.717, 1.165) is 0 Å². The summed E-state index contributed by atoms with van der Waals surface area (Å²) in [7, 11) is 0. The lowest BCUT2D eigenvalue weighted by Crippen LogP contribution is -2.23. The first-order chi connectivity index (χ1) is 5.66. The smallest absolute Gasteiger partial charge is 0.0736 e. The topological polar surface area (TPSA) is 86.4 Å². The summed E-state index contributed by atoms with van der Waals surface area (Å²) >= 11 is 0. The molecule has 0 aliphatic carbocycles. The van der Waals surface area contributed by atoms with Crippen LogP contribution < -0.4 is 10.8 Å². The lowest BCUT2D eigenvalue weighted by Gasteiger charge is -2.09. The molecule has 0 aliphatic rings. The monoisotopic (exact) mass is 166 g/mol. The maximum atomic E-state index is 10.4. The number of hydrogen-bond donors (Lipinski definition) is 2. The van der Waals surface area contributed by atoms with Crippen molar-refractivity contribution in [1.82, 2.24) is 0 Å². The van der Waals surface area contributed by atoms with Crippen LogP contribution in [0, 0.1) is 0 Å². The predicted octanol–water partition coefficient (Wildman–Crippen LogP) is -0.875. The van der Waals surface area contributed by atoms with Crippen LogP contribution in [0.15, 0.2) is 18.2 Å². The van der Waals surface area contributed by atoms with Crippen LogP contribution in [0.5, 0.6) is 0 Å². The van der Waals surface area contributed by atoms with Crippen LogP contribution in [0.25, 0.3) is 0 Å². The van der Waals surface area contributed by atoms with Crippen molar-refractivity contribution in [3.8, 4) is 0 Å². The first-order valence-corrected chi connectivity index (χ1v) is 3.36. The first-order valence-electron chi connectivity index (χ1n) is 3.36. The number of hydrogen-bond acceptors (Lipinski definition) is 4. The number of nitrogen functional groups attached to an aromatic ring is 1. The highest BCUT2D eigenvalue weighted by Gasteiger charge is 2.03. The van der Waals surface area contributed by atoms with E-state index in [-0.39, 0.29) is 17.9 Å². The van der Waals surface area contributed by atoms with Crippen LogP contribution in [0.1, 0.15) is 15.9 Å². The summed E-state index contributed by atoms with van der Waals surface area (Å²) < 4.78 is 0. The summed E-state index contributed by atoms with van der Waals surface area (Å²) in [6.45, 7) is -0.271. The summed E-state index contributed by atoms with van der Waals surface area (Å²) in [5.74, 6) is -1.33. The molecule has 0 saturated carbocycles. The zero-order chi connectivity index (χ0) is 9.14. The van der Waals surface area contributed by atoms with Gasteiger partial charge >= 0.3 is 0 Å². The number of rotatable bonds is 2. The fourth-order valence-corrected chi connectivity index (χ4v) is 0.929. The molecule has 0 amide bonds. The minimum Gasteiger partial charge on any atom is -0.545 e. The Labute approximate surface area is 69.3 Å². The van der Waals surface area contributed by atoms with Gasteiger partial charge in [0.25, 0.3) is 0 Å². The molecule has 1 aromatic carbocycles. The van der Waals surface area contributed by atoms with Gasteiger partial charge in [0.2, 0.25) is 0 Å². The first kappa shape index (κ1) is 8.55. The lowest BCUT2D eigenvalue weighted by atomic mass is 10.1. The summed E-state index contributed by atoms with van der Waals surface area (Å²) in [6.07, 6.45) is 0. The van der Waals surface area contributed by atoms with Gasteiger partial charge in [0.1, 0.15) is 0 Å². The molecule has 4 nitrogen and oxygen atoms in total. The number of carbonyl (C=O) groups is 1. The van der Waals surface area contributed by atoms with Gasteiger partial charge in [0, 0.05) is 16.8 Å². The highest BCUT2D eigenvalue weighted by atomic mass is 16.4. The molecule has 0 unspecified atom stereocenters. The summed E-state index contributed by atoms with van der Waals surface area (Å²) in [4.78, 5) is 10.4. The lowest BCUT2D eigenvalue weighted by molar-refractivity contribution is -0.254. The van der Waals surface area contributed by atoms with Crippen LogP contribution in [0.3, 0.4) is 0 Å². The molecular weight excluding hydrogens is 158 g/mol. The number of anilines is 1. The largest absolute Gasteiger partial charge is 0.545 e. The summed E-state index contributed by atoms with van der Waals surface area (Å²) in [5, 5.41) is 19.1. The van der Waals surface area contributed by atoms with Crippen LogP contribution in [-0.2, 0) is 6.61 Å². The van der Waals surface area contributed by atoms with E-state index in [9.17, 15) is 9.90 Å². The Kier molecular flexibility index (Phi) is 2.30. The van der Waals surface area contributed by atoms with Crippen molar-refractivity contribution in [2.45, 2.75) is 6.61 Å². The fourth-order valence-electron chi connectivity index (χ4n) is 0.929. The Hall–Kier alpha value is -1.55. The van der Waals surface area contributed by atoms with E-state index in [2.05, 4.69) is 0 Å². The molecule has 64 valence electrons. The predicted molar refractivity (Wildman–Crippen MR) is 41.1 cm³/mol. The summed E-state index contributed by atoms with van der Waals surface area (Å²) in [5.41, 5.74) is 5.80. The number of carboxylic acid groups (broad SMARTS) is 1. The average Bonchev–Trinajstić information content (AvgIpc) is 2.04. The van der Waals surface area contributed by atoms with Gasteiger partial charge in [-0.15, -0.1) is 0 Å². The SMILES string of the molecule is Nc1c(CO)cccc1C(=O)[O-]. The minimum absolute atomic E-state index is 0.0694. The molecule has 4 heteroatoms.